The number of aromatic nitrogens is 4. The molecule has 0 aliphatic heterocycles. The van der Waals surface area contributed by atoms with E-state index in [1.165, 1.54) is 4.88 Å². The van der Waals surface area contributed by atoms with Crippen molar-refractivity contribution in [2.75, 3.05) is 17.6 Å². The minimum atomic E-state index is -0.359. The predicted molar refractivity (Wildman–Crippen MR) is 128 cm³/mol. The van der Waals surface area contributed by atoms with E-state index in [4.69, 9.17) is 4.98 Å². The van der Waals surface area contributed by atoms with Gasteiger partial charge in [-0.15, -0.1) is 11.3 Å². The molecule has 7 nitrogen and oxygen atoms in total. The van der Waals surface area contributed by atoms with Gasteiger partial charge in [0.05, 0.1) is 23.5 Å². The first-order chi connectivity index (χ1) is 15.0. The molecule has 0 bridgehead atoms. The lowest BCUT2D eigenvalue weighted by molar-refractivity contribution is -0.126. The fraction of sp³-hybridized carbons (Fsp3) is 0.545. The van der Waals surface area contributed by atoms with Crippen LogP contribution in [0.4, 0.5) is 5.82 Å². The molecule has 1 fully saturated rings. The molecule has 31 heavy (non-hydrogen) atoms. The number of hydrogen-bond donors (Lipinski definition) is 2. The van der Waals surface area contributed by atoms with Gasteiger partial charge in [0.25, 0.3) is 0 Å². The van der Waals surface area contributed by atoms with Crippen molar-refractivity contribution >= 4 is 45.9 Å². The molecule has 0 radical (unpaired) electrons. The van der Waals surface area contributed by atoms with Crippen molar-refractivity contribution in [3.8, 4) is 0 Å². The van der Waals surface area contributed by atoms with Crippen LogP contribution in [0.5, 0.6) is 0 Å². The number of carbonyl (C=O) groups excluding carboxylic acids is 1. The fourth-order valence-electron chi connectivity index (χ4n) is 4.24. The third-order valence-corrected chi connectivity index (χ3v) is 7.47. The quantitative estimate of drug-likeness (QED) is 0.364. The van der Waals surface area contributed by atoms with Crippen LogP contribution >= 0.6 is 23.1 Å². The second-order valence-corrected chi connectivity index (χ2v) is 10.4. The summed E-state index contributed by atoms with van der Waals surface area (Å²) in [5, 5.41) is 14.8. The molecule has 1 amide bonds. The van der Waals surface area contributed by atoms with Gasteiger partial charge in [-0.2, -0.15) is 5.10 Å². The fourth-order valence-corrected chi connectivity index (χ4v) is 5.78. The number of anilines is 1. The first-order valence-corrected chi connectivity index (χ1v) is 12.8. The molecule has 166 valence electrons. The lowest BCUT2D eigenvalue weighted by Crippen LogP contribution is -2.43. The highest BCUT2D eigenvalue weighted by Gasteiger charge is 2.43. The minimum Gasteiger partial charge on any atom is -0.367 e. The number of hydrogen-bond acceptors (Lipinski definition) is 7. The van der Waals surface area contributed by atoms with Crippen molar-refractivity contribution < 1.29 is 4.79 Å². The number of nitrogens with one attached hydrogen (secondary N) is 2. The van der Waals surface area contributed by atoms with Crippen LogP contribution < -0.4 is 10.6 Å². The number of nitrogens with zero attached hydrogens (tertiary/aromatic N) is 4. The van der Waals surface area contributed by atoms with Crippen LogP contribution in [0.1, 0.15) is 51.3 Å². The van der Waals surface area contributed by atoms with Crippen LogP contribution in [0.25, 0.3) is 11.0 Å². The molecule has 0 atom stereocenters. The summed E-state index contributed by atoms with van der Waals surface area (Å²) in [5.41, 5.74) is 0.444. The van der Waals surface area contributed by atoms with E-state index in [0.29, 0.717) is 13.1 Å². The second kappa shape index (κ2) is 9.56. The Bertz CT molecular complexity index is 1020. The third kappa shape index (κ3) is 4.57. The number of carbonyl (C=O) groups is 1. The maximum atomic E-state index is 13.2. The molecule has 0 saturated heterocycles. The van der Waals surface area contributed by atoms with Gasteiger partial charge in [-0.25, -0.2) is 14.6 Å². The molecule has 0 spiro atoms. The van der Waals surface area contributed by atoms with Crippen LogP contribution in [0.2, 0.25) is 0 Å². The van der Waals surface area contributed by atoms with Crippen LogP contribution in [0.3, 0.4) is 0 Å². The van der Waals surface area contributed by atoms with Crippen molar-refractivity contribution in [1.82, 2.24) is 25.1 Å². The molecule has 9 heteroatoms. The topological polar surface area (TPSA) is 84.7 Å². The van der Waals surface area contributed by atoms with Gasteiger partial charge in [-0.1, -0.05) is 37.6 Å². The predicted octanol–water partition coefficient (Wildman–Crippen LogP) is 4.45. The normalized spacial score (nSPS) is 15.6. The van der Waals surface area contributed by atoms with Crippen LogP contribution in [0, 0.1) is 0 Å². The van der Waals surface area contributed by atoms with E-state index in [-0.39, 0.29) is 17.4 Å². The summed E-state index contributed by atoms with van der Waals surface area (Å²) < 4.78 is 1.87. The summed E-state index contributed by atoms with van der Waals surface area (Å²) in [6.07, 6.45) is 5.88. The minimum absolute atomic E-state index is 0.142. The van der Waals surface area contributed by atoms with E-state index in [2.05, 4.69) is 52.9 Å². The average Bonchev–Trinajstić information content (AvgIpc) is 3.49. The molecule has 1 aliphatic rings. The molecule has 3 aromatic heterocycles. The van der Waals surface area contributed by atoms with Crippen LogP contribution in [-0.2, 0) is 16.8 Å². The van der Waals surface area contributed by atoms with E-state index in [0.717, 1.165) is 53.4 Å². The Morgan fingerprint density at radius 3 is 2.81 bits per heavy atom. The summed E-state index contributed by atoms with van der Waals surface area (Å²) in [7, 11) is 0. The molecule has 1 saturated carbocycles. The Hall–Kier alpha value is -2.13. The molecule has 4 rings (SSSR count). The largest absolute Gasteiger partial charge is 0.367 e. The highest BCUT2D eigenvalue weighted by atomic mass is 32.2. The Morgan fingerprint density at radius 1 is 1.32 bits per heavy atom. The number of thiophene rings is 1. The van der Waals surface area contributed by atoms with E-state index < -0.39 is 0 Å². The van der Waals surface area contributed by atoms with Gasteiger partial charge in [0.15, 0.2) is 10.8 Å². The van der Waals surface area contributed by atoms with Crippen molar-refractivity contribution in [3.63, 3.8) is 0 Å². The molecule has 0 aromatic carbocycles. The maximum absolute atomic E-state index is 13.2. The SMILES string of the molecule is CCSc1nc(NC(C)C)c2cnn(CCNC(=O)C3(c4cccs4)CCCC3)c2n1. The van der Waals surface area contributed by atoms with Gasteiger partial charge >= 0.3 is 0 Å². The Balaban J connectivity index is 1.50. The molecule has 3 aromatic rings. The monoisotopic (exact) mass is 458 g/mol. The van der Waals surface area contributed by atoms with Gasteiger partial charge in [-0.3, -0.25) is 4.79 Å². The maximum Gasteiger partial charge on any atom is 0.231 e. The van der Waals surface area contributed by atoms with E-state index in [9.17, 15) is 4.79 Å². The highest BCUT2D eigenvalue weighted by Crippen LogP contribution is 2.43. The molecule has 3 heterocycles. The summed E-state index contributed by atoms with van der Waals surface area (Å²) in [5.74, 6) is 1.86. The Morgan fingerprint density at radius 2 is 2.13 bits per heavy atom. The molecule has 0 unspecified atom stereocenters. The number of rotatable bonds is 9. The zero-order chi connectivity index (χ0) is 21.8. The smallest absolute Gasteiger partial charge is 0.231 e. The Labute approximate surface area is 191 Å². The summed E-state index contributed by atoms with van der Waals surface area (Å²) in [4.78, 5) is 23.8. The van der Waals surface area contributed by atoms with Gasteiger partial charge in [0.2, 0.25) is 5.91 Å². The molecular formula is C22H30N6OS2. The zero-order valence-electron chi connectivity index (χ0n) is 18.4. The summed E-state index contributed by atoms with van der Waals surface area (Å²) in [6, 6.07) is 4.40. The van der Waals surface area contributed by atoms with Crippen molar-refractivity contribution in [1.29, 1.82) is 0 Å². The van der Waals surface area contributed by atoms with Crippen molar-refractivity contribution in [2.24, 2.45) is 0 Å². The summed E-state index contributed by atoms with van der Waals surface area (Å²) >= 11 is 3.30. The second-order valence-electron chi connectivity index (χ2n) is 8.21. The number of amides is 1. The van der Waals surface area contributed by atoms with Crippen molar-refractivity contribution in [2.45, 2.75) is 69.6 Å². The van der Waals surface area contributed by atoms with Gasteiger partial charge in [0.1, 0.15) is 5.82 Å². The van der Waals surface area contributed by atoms with E-state index >= 15 is 0 Å². The standard InChI is InChI=1S/C22H30N6OS2/c1-4-30-21-26-18(25-15(2)3)16-14-24-28(19(16)27-21)12-11-23-20(29)22(9-5-6-10-22)17-8-7-13-31-17/h7-8,13-15H,4-6,9-12H2,1-3H3,(H,23,29)(H,25,26,27). The van der Waals surface area contributed by atoms with Gasteiger partial charge in [-0.05, 0) is 43.9 Å². The summed E-state index contributed by atoms with van der Waals surface area (Å²) in [6.45, 7) is 7.37. The number of fused-ring (bicyclic) bond motifs is 1. The molecular weight excluding hydrogens is 428 g/mol. The zero-order valence-corrected chi connectivity index (χ0v) is 20.0. The van der Waals surface area contributed by atoms with Crippen molar-refractivity contribution in [3.05, 3.63) is 28.6 Å². The Kier molecular flexibility index (Phi) is 6.81. The van der Waals surface area contributed by atoms with E-state index in [1.807, 2.05) is 16.9 Å². The first kappa shape index (κ1) is 22.1. The van der Waals surface area contributed by atoms with Gasteiger partial charge < -0.3 is 10.6 Å². The van der Waals surface area contributed by atoms with E-state index in [1.54, 1.807) is 23.1 Å². The lowest BCUT2D eigenvalue weighted by Gasteiger charge is -2.26. The van der Waals surface area contributed by atoms with Crippen LogP contribution in [-0.4, -0.2) is 44.0 Å². The van der Waals surface area contributed by atoms with Crippen LogP contribution in [0.15, 0.2) is 28.9 Å². The first-order valence-electron chi connectivity index (χ1n) is 11.0. The number of thioether (sulfide) groups is 1. The highest BCUT2D eigenvalue weighted by molar-refractivity contribution is 7.99. The average molecular weight is 459 g/mol. The van der Waals surface area contributed by atoms with Gasteiger partial charge in [0, 0.05) is 17.5 Å². The molecule has 2 N–H and O–H groups in total. The lowest BCUT2D eigenvalue weighted by atomic mass is 9.83. The molecule has 1 aliphatic carbocycles. The third-order valence-electron chi connectivity index (χ3n) is 5.67.